The third-order valence-electron chi connectivity index (χ3n) is 4.07. The van der Waals surface area contributed by atoms with Crippen molar-refractivity contribution in [2.24, 2.45) is 5.73 Å². The predicted octanol–water partition coefficient (Wildman–Crippen LogP) is 3.31. The second-order valence-corrected chi connectivity index (χ2v) is 5.56. The number of rotatable bonds is 7. The van der Waals surface area contributed by atoms with Crippen molar-refractivity contribution in [1.29, 1.82) is 0 Å². The lowest BCUT2D eigenvalue weighted by molar-refractivity contribution is 0.388. The molecule has 0 aliphatic heterocycles. The predicted molar refractivity (Wildman–Crippen MR) is 92.8 cm³/mol. The quantitative estimate of drug-likeness (QED) is 0.852. The van der Waals surface area contributed by atoms with E-state index in [4.69, 9.17) is 19.9 Å². The number of ether oxygens (including phenoxy) is 3. The lowest BCUT2D eigenvalue weighted by atomic mass is 9.90. The summed E-state index contributed by atoms with van der Waals surface area (Å²) in [7, 11) is 5.01. The molecular weight excluding hydrogens is 290 g/mol. The minimum absolute atomic E-state index is 0.159. The number of hydrogen-bond acceptors (Lipinski definition) is 4. The summed E-state index contributed by atoms with van der Waals surface area (Å²) in [5.74, 6) is 2.63. The van der Waals surface area contributed by atoms with Crippen molar-refractivity contribution in [3.8, 4) is 17.2 Å². The molecule has 4 heteroatoms. The van der Waals surface area contributed by atoms with Gasteiger partial charge in [0.05, 0.1) is 21.3 Å². The topological polar surface area (TPSA) is 53.7 Å². The van der Waals surface area contributed by atoms with E-state index in [2.05, 4.69) is 13.0 Å². The van der Waals surface area contributed by atoms with Gasteiger partial charge in [0.2, 0.25) is 0 Å². The molecule has 0 saturated carbocycles. The van der Waals surface area contributed by atoms with Crippen molar-refractivity contribution in [2.45, 2.75) is 19.3 Å². The summed E-state index contributed by atoms with van der Waals surface area (Å²) < 4.78 is 16.3. The van der Waals surface area contributed by atoms with Gasteiger partial charge >= 0.3 is 0 Å². The lowest BCUT2D eigenvalue weighted by Crippen LogP contribution is -2.16. The molecule has 0 heterocycles. The highest BCUT2D eigenvalue weighted by Crippen LogP contribution is 2.33. The van der Waals surface area contributed by atoms with Crippen molar-refractivity contribution in [3.63, 3.8) is 0 Å². The van der Waals surface area contributed by atoms with E-state index in [-0.39, 0.29) is 5.92 Å². The smallest absolute Gasteiger partial charge is 0.125 e. The maximum atomic E-state index is 6.05. The van der Waals surface area contributed by atoms with Gasteiger partial charge in [-0.3, -0.25) is 0 Å². The van der Waals surface area contributed by atoms with Crippen LogP contribution >= 0.6 is 0 Å². The molecule has 0 bridgehead atoms. The number of hydrogen-bond donors (Lipinski definition) is 1. The molecule has 1 atom stereocenters. The SMILES string of the molecule is COc1ccc(CC(CN)c2cc(C)ccc2OC)c(OC)c1. The van der Waals surface area contributed by atoms with Crippen LogP contribution < -0.4 is 19.9 Å². The Kier molecular flexibility index (Phi) is 5.88. The van der Waals surface area contributed by atoms with Gasteiger partial charge in [0.25, 0.3) is 0 Å². The first kappa shape index (κ1) is 17.2. The average molecular weight is 315 g/mol. The first-order valence-electron chi connectivity index (χ1n) is 7.68. The molecule has 2 N–H and O–H groups in total. The largest absolute Gasteiger partial charge is 0.497 e. The average Bonchev–Trinajstić information content (AvgIpc) is 2.59. The van der Waals surface area contributed by atoms with E-state index in [0.717, 1.165) is 34.8 Å². The van der Waals surface area contributed by atoms with Gasteiger partial charge in [-0.05, 0) is 43.1 Å². The number of methoxy groups -OCH3 is 3. The summed E-state index contributed by atoms with van der Waals surface area (Å²) >= 11 is 0. The van der Waals surface area contributed by atoms with Gasteiger partial charge in [0.15, 0.2) is 0 Å². The van der Waals surface area contributed by atoms with Crippen LogP contribution in [-0.2, 0) is 6.42 Å². The first-order chi connectivity index (χ1) is 11.1. The van der Waals surface area contributed by atoms with Gasteiger partial charge in [0.1, 0.15) is 17.2 Å². The molecule has 2 aromatic carbocycles. The van der Waals surface area contributed by atoms with Crippen LogP contribution in [0.25, 0.3) is 0 Å². The zero-order chi connectivity index (χ0) is 16.8. The Morgan fingerprint density at radius 3 is 2.26 bits per heavy atom. The molecule has 2 rings (SSSR count). The molecule has 0 fully saturated rings. The zero-order valence-electron chi connectivity index (χ0n) is 14.3. The Hall–Kier alpha value is -2.20. The van der Waals surface area contributed by atoms with Crippen molar-refractivity contribution >= 4 is 0 Å². The van der Waals surface area contributed by atoms with Gasteiger partial charge < -0.3 is 19.9 Å². The van der Waals surface area contributed by atoms with Gasteiger partial charge in [-0.2, -0.15) is 0 Å². The van der Waals surface area contributed by atoms with Crippen molar-refractivity contribution in [3.05, 3.63) is 53.1 Å². The van der Waals surface area contributed by atoms with Crippen LogP contribution in [0.5, 0.6) is 17.2 Å². The summed E-state index contributed by atoms with van der Waals surface area (Å²) in [6, 6.07) is 12.1. The maximum absolute atomic E-state index is 6.05. The Balaban J connectivity index is 2.35. The summed E-state index contributed by atoms with van der Waals surface area (Å²) in [5, 5.41) is 0. The third kappa shape index (κ3) is 3.96. The van der Waals surface area contributed by atoms with E-state index in [9.17, 15) is 0 Å². The summed E-state index contributed by atoms with van der Waals surface area (Å²) in [5.41, 5.74) is 9.48. The molecule has 1 unspecified atom stereocenters. The minimum Gasteiger partial charge on any atom is -0.497 e. The number of benzene rings is 2. The van der Waals surface area contributed by atoms with Crippen LogP contribution in [0.4, 0.5) is 0 Å². The summed E-state index contributed by atoms with van der Waals surface area (Å²) in [6.45, 7) is 2.61. The molecule has 0 aromatic heterocycles. The van der Waals surface area contributed by atoms with Gasteiger partial charge in [0, 0.05) is 12.0 Å². The fraction of sp³-hybridized carbons (Fsp3) is 0.368. The third-order valence-corrected chi connectivity index (χ3v) is 4.07. The molecule has 23 heavy (non-hydrogen) atoms. The van der Waals surface area contributed by atoms with Crippen LogP contribution in [0.3, 0.4) is 0 Å². The standard InChI is InChI=1S/C19H25NO3/c1-13-5-8-18(22-3)17(9-13)15(12-20)10-14-6-7-16(21-2)11-19(14)23-4/h5-9,11,15H,10,12,20H2,1-4H3. The van der Waals surface area contributed by atoms with Crippen molar-refractivity contribution < 1.29 is 14.2 Å². The molecule has 0 spiro atoms. The van der Waals surface area contributed by atoms with Crippen LogP contribution in [0.1, 0.15) is 22.6 Å². The van der Waals surface area contributed by atoms with E-state index in [1.165, 1.54) is 5.56 Å². The van der Waals surface area contributed by atoms with Crippen LogP contribution in [-0.4, -0.2) is 27.9 Å². The number of nitrogens with two attached hydrogens (primary N) is 1. The van der Waals surface area contributed by atoms with Gasteiger partial charge in [-0.15, -0.1) is 0 Å². The Labute approximate surface area is 138 Å². The molecular formula is C19H25NO3. The summed E-state index contributed by atoms with van der Waals surface area (Å²) in [6.07, 6.45) is 0.781. The Morgan fingerprint density at radius 1 is 0.913 bits per heavy atom. The second kappa shape index (κ2) is 7.88. The first-order valence-corrected chi connectivity index (χ1v) is 7.68. The molecule has 124 valence electrons. The van der Waals surface area contributed by atoms with Crippen molar-refractivity contribution in [1.82, 2.24) is 0 Å². The zero-order valence-corrected chi connectivity index (χ0v) is 14.3. The molecule has 0 radical (unpaired) electrons. The maximum Gasteiger partial charge on any atom is 0.125 e. The molecule has 0 amide bonds. The minimum atomic E-state index is 0.159. The van der Waals surface area contributed by atoms with Crippen molar-refractivity contribution in [2.75, 3.05) is 27.9 Å². The van der Waals surface area contributed by atoms with E-state index >= 15 is 0 Å². The highest BCUT2D eigenvalue weighted by atomic mass is 16.5. The highest BCUT2D eigenvalue weighted by Gasteiger charge is 2.18. The second-order valence-electron chi connectivity index (χ2n) is 5.56. The Bertz CT molecular complexity index is 655. The van der Waals surface area contributed by atoms with E-state index in [0.29, 0.717) is 6.54 Å². The fourth-order valence-electron chi connectivity index (χ4n) is 2.78. The molecule has 0 aliphatic rings. The molecule has 0 saturated heterocycles. The highest BCUT2D eigenvalue weighted by molar-refractivity contribution is 5.44. The van der Waals surface area contributed by atoms with Gasteiger partial charge in [-0.1, -0.05) is 23.8 Å². The normalized spacial score (nSPS) is 11.9. The van der Waals surface area contributed by atoms with Crippen LogP contribution in [0.15, 0.2) is 36.4 Å². The number of aryl methyl sites for hydroxylation is 1. The van der Waals surface area contributed by atoms with E-state index in [1.807, 2.05) is 30.3 Å². The summed E-state index contributed by atoms with van der Waals surface area (Å²) in [4.78, 5) is 0. The fourth-order valence-corrected chi connectivity index (χ4v) is 2.78. The Morgan fingerprint density at radius 2 is 1.65 bits per heavy atom. The van der Waals surface area contributed by atoms with Crippen LogP contribution in [0.2, 0.25) is 0 Å². The molecule has 2 aromatic rings. The monoisotopic (exact) mass is 315 g/mol. The molecule has 0 aliphatic carbocycles. The van der Waals surface area contributed by atoms with E-state index in [1.54, 1.807) is 21.3 Å². The molecule has 4 nitrogen and oxygen atoms in total. The van der Waals surface area contributed by atoms with E-state index < -0.39 is 0 Å². The lowest BCUT2D eigenvalue weighted by Gasteiger charge is -2.20. The van der Waals surface area contributed by atoms with Crippen LogP contribution in [0, 0.1) is 6.92 Å². The van der Waals surface area contributed by atoms with Gasteiger partial charge in [-0.25, -0.2) is 0 Å².